The number of amides is 1. The molecule has 1 saturated carbocycles. The largest absolute Gasteiger partial charge is 0.369 e. The summed E-state index contributed by atoms with van der Waals surface area (Å²) >= 11 is 0. The molecule has 0 radical (unpaired) electrons. The second kappa shape index (κ2) is 6.37. The van der Waals surface area contributed by atoms with Gasteiger partial charge in [-0.2, -0.15) is 5.10 Å². The Kier molecular flexibility index (Phi) is 4.13. The number of nitrogens with zero attached hydrogens (tertiary/aromatic N) is 6. The standard InChI is InChI=1S/C19H25N7O/c1-5-25-17-16(22-19(25)20)8-13(9-21-17)18(27)26(14-6-7-14)10-15-11(2)23-24(4)12(15)3/h8-9,14H,5-7,10H2,1-4H3,(H2,20,22). The van der Waals surface area contributed by atoms with Gasteiger partial charge in [-0.15, -0.1) is 0 Å². The van der Waals surface area contributed by atoms with E-state index in [-0.39, 0.29) is 11.9 Å². The van der Waals surface area contributed by atoms with E-state index < -0.39 is 0 Å². The van der Waals surface area contributed by atoms with Gasteiger partial charge in [-0.1, -0.05) is 0 Å². The summed E-state index contributed by atoms with van der Waals surface area (Å²) in [6.45, 7) is 7.28. The smallest absolute Gasteiger partial charge is 0.256 e. The summed E-state index contributed by atoms with van der Waals surface area (Å²) in [5.74, 6) is 0.407. The predicted octanol–water partition coefficient (Wildman–Crippen LogP) is 2.19. The maximum atomic E-state index is 13.3. The number of imidazole rings is 1. The molecule has 1 fully saturated rings. The van der Waals surface area contributed by atoms with Crippen LogP contribution in [0.25, 0.3) is 11.2 Å². The first-order valence-electron chi connectivity index (χ1n) is 9.32. The van der Waals surface area contributed by atoms with Crippen LogP contribution in [-0.2, 0) is 20.1 Å². The van der Waals surface area contributed by atoms with Crippen molar-refractivity contribution in [2.45, 2.75) is 52.7 Å². The number of nitrogen functional groups attached to an aromatic ring is 1. The van der Waals surface area contributed by atoms with Gasteiger partial charge in [-0.05, 0) is 39.7 Å². The lowest BCUT2D eigenvalue weighted by molar-refractivity contribution is 0.0729. The molecule has 1 amide bonds. The number of rotatable bonds is 5. The maximum Gasteiger partial charge on any atom is 0.256 e. The molecule has 1 aliphatic carbocycles. The van der Waals surface area contributed by atoms with Crippen molar-refractivity contribution in [3.63, 3.8) is 0 Å². The quantitative estimate of drug-likeness (QED) is 0.746. The van der Waals surface area contributed by atoms with Crippen molar-refractivity contribution in [1.29, 1.82) is 0 Å². The third-order valence-corrected chi connectivity index (χ3v) is 5.41. The van der Waals surface area contributed by atoms with Gasteiger partial charge < -0.3 is 10.6 Å². The van der Waals surface area contributed by atoms with Crippen molar-refractivity contribution in [2.75, 3.05) is 5.73 Å². The first-order valence-corrected chi connectivity index (χ1v) is 9.32. The normalized spacial score (nSPS) is 14.1. The van der Waals surface area contributed by atoms with Crippen molar-refractivity contribution < 1.29 is 4.79 Å². The van der Waals surface area contributed by atoms with Gasteiger partial charge in [0.15, 0.2) is 5.65 Å². The molecule has 0 aromatic carbocycles. The van der Waals surface area contributed by atoms with Crippen LogP contribution >= 0.6 is 0 Å². The molecule has 1 aliphatic rings. The number of carbonyl (C=O) groups excluding carboxylic acids is 1. The zero-order valence-electron chi connectivity index (χ0n) is 16.2. The number of nitrogens with two attached hydrogens (primary N) is 1. The van der Waals surface area contributed by atoms with Crippen LogP contribution in [0.1, 0.15) is 47.1 Å². The van der Waals surface area contributed by atoms with Crippen LogP contribution in [0, 0.1) is 13.8 Å². The molecule has 0 saturated heterocycles. The van der Waals surface area contributed by atoms with Gasteiger partial charge >= 0.3 is 0 Å². The van der Waals surface area contributed by atoms with Crippen LogP contribution < -0.4 is 5.73 Å². The monoisotopic (exact) mass is 367 g/mol. The molecule has 8 heteroatoms. The Bertz CT molecular complexity index is 1030. The van der Waals surface area contributed by atoms with Crippen molar-refractivity contribution in [1.82, 2.24) is 29.2 Å². The molecule has 0 spiro atoms. The number of fused-ring (bicyclic) bond motifs is 1. The van der Waals surface area contributed by atoms with E-state index in [1.54, 1.807) is 12.3 Å². The minimum absolute atomic E-state index is 0.0147. The summed E-state index contributed by atoms with van der Waals surface area (Å²) in [6.07, 6.45) is 3.71. The number of hydrogen-bond donors (Lipinski definition) is 1. The minimum Gasteiger partial charge on any atom is -0.369 e. The van der Waals surface area contributed by atoms with E-state index in [1.807, 2.05) is 42.0 Å². The van der Waals surface area contributed by atoms with Gasteiger partial charge in [-0.3, -0.25) is 14.0 Å². The van der Waals surface area contributed by atoms with E-state index in [9.17, 15) is 4.79 Å². The zero-order chi connectivity index (χ0) is 19.3. The van der Waals surface area contributed by atoms with E-state index in [0.717, 1.165) is 29.8 Å². The zero-order valence-corrected chi connectivity index (χ0v) is 16.2. The molecule has 0 unspecified atom stereocenters. The second-order valence-electron chi connectivity index (χ2n) is 7.22. The summed E-state index contributed by atoms with van der Waals surface area (Å²) in [4.78, 5) is 24.0. The van der Waals surface area contributed by atoms with Crippen LogP contribution in [-0.4, -0.2) is 41.2 Å². The molecular formula is C19H25N7O. The highest BCUT2D eigenvalue weighted by Gasteiger charge is 2.34. The first kappa shape index (κ1) is 17.5. The summed E-state index contributed by atoms with van der Waals surface area (Å²) in [7, 11) is 1.93. The van der Waals surface area contributed by atoms with Crippen molar-refractivity contribution in [3.8, 4) is 0 Å². The van der Waals surface area contributed by atoms with Crippen LogP contribution in [0.2, 0.25) is 0 Å². The van der Waals surface area contributed by atoms with Crippen LogP contribution in [0.15, 0.2) is 12.3 Å². The number of pyridine rings is 1. The summed E-state index contributed by atoms with van der Waals surface area (Å²) in [6, 6.07) is 2.08. The van der Waals surface area contributed by atoms with E-state index in [1.165, 1.54) is 0 Å². The molecule has 2 N–H and O–H groups in total. The van der Waals surface area contributed by atoms with Crippen molar-refractivity contribution >= 4 is 23.0 Å². The van der Waals surface area contributed by atoms with E-state index in [2.05, 4.69) is 15.1 Å². The summed E-state index contributed by atoms with van der Waals surface area (Å²) in [5, 5.41) is 4.48. The molecule has 3 heterocycles. The Balaban J connectivity index is 1.67. The molecule has 0 aliphatic heterocycles. The fourth-order valence-corrected chi connectivity index (χ4v) is 3.59. The number of anilines is 1. The molecular weight excluding hydrogens is 342 g/mol. The van der Waals surface area contributed by atoms with Gasteiger partial charge in [0.1, 0.15) is 5.52 Å². The van der Waals surface area contributed by atoms with E-state index in [0.29, 0.717) is 35.8 Å². The summed E-state index contributed by atoms with van der Waals surface area (Å²) < 4.78 is 3.71. The topological polar surface area (TPSA) is 94.9 Å². The molecule has 8 nitrogen and oxygen atoms in total. The highest BCUT2D eigenvalue weighted by molar-refractivity contribution is 5.97. The third-order valence-electron chi connectivity index (χ3n) is 5.41. The SMILES string of the molecule is CCn1c(N)nc2cc(C(=O)N(Cc3c(C)nn(C)c3C)C3CC3)cnc21. The van der Waals surface area contributed by atoms with Gasteiger partial charge in [-0.25, -0.2) is 9.97 Å². The van der Waals surface area contributed by atoms with Crippen molar-refractivity contribution in [2.24, 2.45) is 7.05 Å². The van der Waals surface area contributed by atoms with Crippen LogP contribution in [0.4, 0.5) is 5.95 Å². The Labute approximate surface area is 158 Å². The van der Waals surface area contributed by atoms with Crippen LogP contribution in [0.5, 0.6) is 0 Å². The fraction of sp³-hybridized carbons (Fsp3) is 0.474. The third kappa shape index (κ3) is 2.94. The Morgan fingerprint density at radius 1 is 1.37 bits per heavy atom. The lowest BCUT2D eigenvalue weighted by Crippen LogP contribution is -2.33. The second-order valence-corrected chi connectivity index (χ2v) is 7.22. The highest BCUT2D eigenvalue weighted by Crippen LogP contribution is 2.31. The average Bonchev–Trinajstić information content (AvgIpc) is 3.38. The lowest BCUT2D eigenvalue weighted by atomic mass is 10.1. The molecule has 3 aromatic rings. The minimum atomic E-state index is -0.0147. The number of hydrogen-bond acceptors (Lipinski definition) is 5. The fourth-order valence-electron chi connectivity index (χ4n) is 3.59. The molecule has 0 bridgehead atoms. The molecule has 27 heavy (non-hydrogen) atoms. The van der Waals surface area contributed by atoms with Gasteiger partial charge in [0, 0.05) is 43.6 Å². The number of aryl methyl sites for hydroxylation is 3. The predicted molar refractivity (Wildman–Crippen MR) is 103 cm³/mol. The summed E-state index contributed by atoms with van der Waals surface area (Å²) in [5.41, 5.74) is 11.0. The molecule has 3 aromatic heterocycles. The molecule has 142 valence electrons. The Morgan fingerprint density at radius 2 is 2.11 bits per heavy atom. The Morgan fingerprint density at radius 3 is 2.70 bits per heavy atom. The van der Waals surface area contributed by atoms with Gasteiger partial charge in [0.25, 0.3) is 5.91 Å². The maximum absolute atomic E-state index is 13.3. The molecule has 4 rings (SSSR count). The molecule has 0 atom stereocenters. The Hall–Kier alpha value is -2.90. The number of carbonyl (C=O) groups is 1. The average molecular weight is 367 g/mol. The number of aromatic nitrogens is 5. The lowest BCUT2D eigenvalue weighted by Gasteiger charge is -2.22. The van der Waals surface area contributed by atoms with Gasteiger partial charge in [0.05, 0.1) is 11.3 Å². The van der Waals surface area contributed by atoms with Gasteiger partial charge in [0.2, 0.25) is 5.95 Å². The van der Waals surface area contributed by atoms with E-state index in [4.69, 9.17) is 5.73 Å². The van der Waals surface area contributed by atoms with Crippen LogP contribution in [0.3, 0.4) is 0 Å². The van der Waals surface area contributed by atoms with Crippen molar-refractivity contribution in [3.05, 3.63) is 34.8 Å². The first-order chi connectivity index (χ1) is 12.9. The van der Waals surface area contributed by atoms with E-state index >= 15 is 0 Å². The highest BCUT2D eigenvalue weighted by atomic mass is 16.2.